The molecule has 0 unspecified atom stereocenters. The van der Waals surface area contributed by atoms with Crippen molar-refractivity contribution in [3.05, 3.63) is 31.4 Å². The highest BCUT2D eigenvalue weighted by Gasteiger charge is 2.19. The van der Waals surface area contributed by atoms with Gasteiger partial charge in [0.25, 0.3) is 0 Å². The predicted octanol–water partition coefficient (Wildman–Crippen LogP) is 2.99. The maximum atomic E-state index is 12.3. The van der Waals surface area contributed by atoms with E-state index in [9.17, 15) is 4.79 Å². The highest BCUT2D eigenvalue weighted by atomic mass is 79.9. The zero-order valence-electron chi connectivity index (χ0n) is 10.7. The molecule has 0 saturated heterocycles. The maximum Gasteiger partial charge on any atom is 0.180 e. The van der Waals surface area contributed by atoms with Crippen LogP contribution < -0.4 is 0 Å². The second-order valence-electron chi connectivity index (χ2n) is 4.22. The molecule has 0 aliphatic rings. The molecule has 2 heterocycles. The zero-order chi connectivity index (χ0) is 13.4. The van der Waals surface area contributed by atoms with Crippen molar-refractivity contribution in [2.45, 2.75) is 27.2 Å². The molecule has 0 radical (unpaired) electrons. The molecular weight excluding hydrogens is 314 g/mol. The number of hydrogen-bond donors (Lipinski definition) is 0. The molecule has 0 amide bonds. The van der Waals surface area contributed by atoms with Gasteiger partial charge in [-0.2, -0.15) is 5.10 Å². The highest BCUT2D eigenvalue weighted by molar-refractivity contribution is 9.10. The third kappa shape index (κ3) is 2.40. The molecule has 2 aromatic heterocycles. The van der Waals surface area contributed by atoms with Crippen molar-refractivity contribution >= 4 is 33.0 Å². The van der Waals surface area contributed by atoms with Gasteiger partial charge in [-0.25, -0.2) is 4.98 Å². The normalized spacial score (nSPS) is 10.9. The van der Waals surface area contributed by atoms with Crippen LogP contribution in [0.1, 0.15) is 31.8 Å². The number of nitrogens with zero attached hydrogens (tertiary/aromatic N) is 3. The highest BCUT2D eigenvalue weighted by Crippen LogP contribution is 2.24. The predicted molar refractivity (Wildman–Crippen MR) is 75.3 cm³/mol. The molecule has 0 aliphatic carbocycles. The van der Waals surface area contributed by atoms with Gasteiger partial charge in [-0.3, -0.25) is 9.48 Å². The Labute approximate surface area is 118 Å². The van der Waals surface area contributed by atoms with Gasteiger partial charge in [-0.05, 0) is 36.7 Å². The molecule has 0 bridgehead atoms. The van der Waals surface area contributed by atoms with Crippen molar-refractivity contribution in [3.63, 3.8) is 0 Å². The number of aromatic nitrogens is 3. The van der Waals surface area contributed by atoms with E-state index in [-0.39, 0.29) is 5.78 Å². The van der Waals surface area contributed by atoms with Crippen LogP contribution >= 0.6 is 27.3 Å². The first-order valence-corrected chi connectivity index (χ1v) is 7.16. The second kappa shape index (κ2) is 4.93. The van der Waals surface area contributed by atoms with Crippen molar-refractivity contribution in [1.82, 2.24) is 14.8 Å². The quantitative estimate of drug-likeness (QED) is 0.814. The number of thiazole rings is 1. The van der Waals surface area contributed by atoms with Gasteiger partial charge in [-0.1, -0.05) is 0 Å². The standard InChI is InChI=1S/C12H14BrN3OS/c1-6-11(13)9(16(4)15-6)5-10(17)12-7(2)14-8(3)18-12/h5H2,1-4H3. The molecule has 0 saturated carbocycles. The van der Waals surface area contributed by atoms with E-state index in [1.807, 2.05) is 27.8 Å². The Bertz CT molecular complexity index is 615. The van der Waals surface area contributed by atoms with Crippen LogP contribution in [-0.4, -0.2) is 20.5 Å². The molecule has 0 fully saturated rings. The van der Waals surface area contributed by atoms with E-state index >= 15 is 0 Å². The number of rotatable bonds is 3. The molecule has 96 valence electrons. The van der Waals surface area contributed by atoms with Crippen LogP contribution in [0.2, 0.25) is 0 Å². The molecule has 2 aromatic rings. The number of ketones is 1. The van der Waals surface area contributed by atoms with Crippen molar-refractivity contribution in [1.29, 1.82) is 0 Å². The molecule has 0 atom stereocenters. The molecule has 4 nitrogen and oxygen atoms in total. The van der Waals surface area contributed by atoms with Crippen LogP contribution in [0.3, 0.4) is 0 Å². The van der Waals surface area contributed by atoms with Gasteiger partial charge in [0.1, 0.15) is 0 Å². The Morgan fingerprint density at radius 3 is 2.44 bits per heavy atom. The summed E-state index contributed by atoms with van der Waals surface area (Å²) in [5, 5.41) is 5.22. The second-order valence-corrected chi connectivity index (χ2v) is 6.21. The average Bonchev–Trinajstić information content (AvgIpc) is 2.73. The fraction of sp³-hybridized carbons (Fsp3) is 0.417. The summed E-state index contributed by atoms with van der Waals surface area (Å²) in [6.45, 7) is 5.71. The summed E-state index contributed by atoms with van der Waals surface area (Å²) < 4.78 is 2.66. The van der Waals surface area contributed by atoms with Crippen molar-refractivity contribution < 1.29 is 4.79 Å². The minimum absolute atomic E-state index is 0.0989. The first-order chi connectivity index (χ1) is 8.40. The van der Waals surface area contributed by atoms with Crippen LogP contribution in [0.15, 0.2) is 4.47 Å². The monoisotopic (exact) mass is 327 g/mol. The smallest absolute Gasteiger partial charge is 0.180 e. The Kier molecular flexibility index (Phi) is 3.68. The van der Waals surface area contributed by atoms with Gasteiger partial charge >= 0.3 is 0 Å². The Morgan fingerprint density at radius 2 is 2.00 bits per heavy atom. The summed E-state index contributed by atoms with van der Waals surface area (Å²) in [7, 11) is 1.85. The summed E-state index contributed by atoms with van der Waals surface area (Å²) in [5.41, 5.74) is 2.62. The van der Waals surface area contributed by atoms with Gasteiger partial charge in [0.05, 0.1) is 37.9 Å². The van der Waals surface area contributed by atoms with E-state index in [2.05, 4.69) is 26.0 Å². The summed E-state index contributed by atoms with van der Waals surface area (Å²) in [5.74, 6) is 0.0989. The fourth-order valence-corrected chi connectivity index (χ4v) is 3.23. The molecule has 2 rings (SSSR count). The Hall–Kier alpha value is -1.01. The lowest BCUT2D eigenvalue weighted by molar-refractivity contribution is 0.0993. The number of aryl methyl sites for hydroxylation is 4. The van der Waals surface area contributed by atoms with Gasteiger partial charge in [0.15, 0.2) is 5.78 Å². The van der Waals surface area contributed by atoms with E-state index in [1.54, 1.807) is 4.68 Å². The number of halogens is 1. The topological polar surface area (TPSA) is 47.8 Å². The summed E-state index contributed by atoms with van der Waals surface area (Å²) in [6.07, 6.45) is 0.348. The minimum atomic E-state index is 0.0989. The van der Waals surface area contributed by atoms with Crippen molar-refractivity contribution in [2.75, 3.05) is 0 Å². The van der Waals surface area contributed by atoms with Crippen molar-refractivity contribution in [2.24, 2.45) is 7.05 Å². The molecule has 18 heavy (non-hydrogen) atoms. The Balaban J connectivity index is 2.29. The van der Waals surface area contributed by atoms with E-state index in [1.165, 1.54) is 11.3 Å². The number of carbonyl (C=O) groups is 1. The summed E-state index contributed by atoms with van der Waals surface area (Å²) in [4.78, 5) is 17.3. The summed E-state index contributed by atoms with van der Waals surface area (Å²) in [6, 6.07) is 0. The minimum Gasteiger partial charge on any atom is -0.293 e. The van der Waals surface area contributed by atoms with E-state index in [0.717, 1.165) is 31.4 Å². The average molecular weight is 328 g/mol. The first-order valence-electron chi connectivity index (χ1n) is 5.55. The van der Waals surface area contributed by atoms with E-state index in [4.69, 9.17) is 0 Å². The number of hydrogen-bond acceptors (Lipinski definition) is 4. The number of carbonyl (C=O) groups excluding carboxylic acids is 1. The zero-order valence-corrected chi connectivity index (χ0v) is 13.1. The molecule has 0 aliphatic heterocycles. The largest absolute Gasteiger partial charge is 0.293 e. The number of Topliss-reactive ketones (excluding diaryl/α,β-unsaturated/α-hetero) is 1. The van der Waals surface area contributed by atoms with Gasteiger partial charge in [0.2, 0.25) is 0 Å². The molecule has 6 heteroatoms. The molecule has 0 N–H and O–H groups in total. The van der Waals surface area contributed by atoms with Crippen molar-refractivity contribution in [3.8, 4) is 0 Å². The van der Waals surface area contributed by atoms with Crippen LogP contribution in [0.5, 0.6) is 0 Å². The lowest BCUT2D eigenvalue weighted by Gasteiger charge is -2.01. The fourth-order valence-electron chi connectivity index (χ4n) is 1.89. The Morgan fingerprint density at radius 1 is 1.33 bits per heavy atom. The molecule has 0 aromatic carbocycles. The molecule has 0 spiro atoms. The van der Waals surface area contributed by atoms with Crippen LogP contribution in [0.25, 0.3) is 0 Å². The lowest BCUT2D eigenvalue weighted by atomic mass is 10.1. The molecular formula is C12H14BrN3OS. The lowest BCUT2D eigenvalue weighted by Crippen LogP contribution is -2.08. The third-order valence-electron chi connectivity index (χ3n) is 2.75. The SMILES string of the molecule is Cc1nc(C)c(C(=O)Cc2c(Br)c(C)nn2C)s1. The van der Waals surface area contributed by atoms with Gasteiger partial charge in [0, 0.05) is 7.05 Å². The maximum absolute atomic E-state index is 12.3. The van der Waals surface area contributed by atoms with Gasteiger partial charge < -0.3 is 0 Å². The van der Waals surface area contributed by atoms with Crippen LogP contribution in [-0.2, 0) is 13.5 Å². The first kappa shape index (κ1) is 13.4. The summed E-state index contributed by atoms with van der Waals surface area (Å²) >= 11 is 4.93. The van der Waals surface area contributed by atoms with Gasteiger partial charge in [-0.15, -0.1) is 11.3 Å². The third-order valence-corrected chi connectivity index (χ3v) is 4.89. The van der Waals surface area contributed by atoms with Crippen LogP contribution in [0, 0.1) is 20.8 Å². The van der Waals surface area contributed by atoms with Crippen LogP contribution in [0.4, 0.5) is 0 Å². The van der Waals surface area contributed by atoms with E-state index < -0.39 is 0 Å². The van der Waals surface area contributed by atoms with E-state index in [0.29, 0.717) is 6.42 Å².